The van der Waals surface area contributed by atoms with Crippen molar-refractivity contribution in [2.24, 2.45) is 0 Å². The van der Waals surface area contributed by atoms with Crippen LogP contribution in [0.15, 0.2) is 29.6 Å². The fraction of sp³-hybridized carbons (Fsp3) is 0.400. The van der Waals surface area contributed by atoms with Crippen LogP contribution in [0, 0.1) is 0 Å². The first-order chi connectivity index (χ1) is 8.66. The summed E-state index contributed by atoms with van der Waals surface area (Å²) in [6.45, 7) is 0. The van der Waals surface area contributed by atoms with Gasteiger partial charge in [-0.1, -0.05) is 18.2 Å². The van der Waals surface area contributed by atoms with Crippen LogP contribution in [0.1, 0.15) is 31.2 Å². The Morgan fingerprint density at radius 2 is 1.94 bits per heavy atom. The third kappa shape index (κ3) is 2.20. The lowest BCUT2D eigenvalue weighted by Gasteiger charge is -2.31. The molecule has 1 fully saturated rings. The van der Waals surface area contributed by atoms with E-state index in [-0.39, 0.29) is 5.78 Å². The van der Waals surface area contributed by atoms with Crippen molar-refractivity contribution in [1.82, 2.24) is 0 Å². The van der Waals surface area contributed by atoms with Crippen molar-refractivity contribution in [3.05, 3.63) is 35.2 Å². The first-order valence-electron chi connectivity index (χ1n) is 6.35. The molecule has 1 aliphatic rings. The molecule has 1 aromatic carbocycles. The average molecular weight is 260 g/mol. The lowest BCUT2D eigenvalue weighted by atomic mass is 9.80. The zero-order valence-corrected chi connectivity index (χ0v) is 11.0. The van der Waals surface area contributed by atoms with Gasteiger partial charge in [-0.25, -0.2) is 0 Å². The third-order valence-corrected chi connectivity index (χ3v) is 4.83. The summed E-state index contributed by atoms with van der Waals surface area (Å²) < 4.78 is 1.27. The van der Waals surface area contributed by atoms with E-state index in [1.807, 2.05) is 12.1 Å². The van der Waals surface area contributed by atoms with Crippen LogP contribution in [0.3, 0.4) is 0 Å². The highest BCUT2D eigenvalue weighted by atomic mass is 32.1. The van der Waals surface area contributed by atoms with Gasteiger partial charge in [0.05, 0.1) is 5.60 Å². The molecular formula is C15H16O2S. The van der Waals surface area contributed by atoms with Crippen LogP contribution in [0.4, 0.5) is 0 Å². The minimum atomic E-state index is -0.683. The molecular weight excluding hydrogens is 244 g/mol. The number of carbonyl (C=O) groups excluding carboxylic acids is 1. The summed E-state index contributed by atoms with van der Waals surface area (Å²) in [6, 6.07) is 8.29. The topological polar surface area (TPSA) is 37.3 Å². The van der Waals surface area contributed by atoms with E-state index in [4.69, 9.17) is 0 Å². The SMILES string of the molecule is O=C1CCC(O)(Cc2csc3ccccc23)CC1. The van der Waals surface area contributed by atoms with Gasteiger partial charge < -0.3 is 5.11 Å². The van der Waals surface area contributed by atoms with Gasteiger partial charge in [0.25, 0.3) is 0 Å². The average Bonchev–Trinajstić information content (AvgIpc) is 2.77. The number of benzene rings is 1. The summed E-state index contributed by atoms with van der Waals surface area (Å²) in [5.41, 5.74) is 0.532. The van der Waals surface area contributed by atoms with Crippen LogP contribution in [-0.2, 0) is 11.2 Å². The van der Waals surface area contributed by atoms with E-state index < -0.39 is 5.60 Å². The van der Waals surface area contributed by atoms with Crippen LogP contribution in [0.5, 0.6) is 0 Å². The molecule has 0 radical (unpaired) electrons. The number of carbonyl (C=O) groups is 1. The molecule has 1 aliphatic carbocycles. The quantitative estimate of drug-likeness (QED) is 0.899. The lowest BCUT2D eigenvalue weighted by molar-refractivity contribution is -0.125. The van der Waals surface area contributed by atoms with Crippen molar-refractivity contribution >= 4 is 27.2 Å². The van der Waals surface area contributed by atoms with Gasteiger partial charge in [0.2, 0.25) is 0 Å². The molecule has 0 spiro atoms. The monoisotopic (exact) mass is 260 g/mol. The molecule has 18 heavy (non-hydrogen) atoms. The van der Waals surface area contributed by atoms with Crippen molar-refractivity contribution in [3.63, 3.8) is 0 Å². The summed E-state index contributed by atoms with van der Waals surface area (Å²) in [7, 11) is 0. The number of ketones is 1. The number of rotatable bonds is 2. The Hall–Kier alpha value is -1.19. The number of fused-ring (bicyclic) bond motifs is 1. The molecule has 0 amide bonds. The Morgan fingerprint density at radius 1 is 1.22 bits per heavy atom. The Bertz CT molecular complexity index is 575. The maximum atomic E-state index is 11.3. The van der Waals surface area contributed by atoms with Crippen molar-refractivity contribution in [3.8, 4) is 0 Å². The normalized spacial score (nSPS) is 19.3. The highest BCUT2D eigenvalue weighted by Crippen LogP contribution is 2.34. The number of hydrogen-bond donors (Lipinski definition) is 1. The van der Waals surface area contributed by atoms with Crippen molar-refractivity contribution < 1.29 is 9.90 Å². The Balaban J connectivity index is 1.86. The zero-order chi connectivity index (χ0) is 12.6. The Kier molecular flexibility index (Phi) is 2.96. The third-order valence-electron chi connectivity index (χ3n) is 3.82. The zero-order valence-electron chi connectivity index (χ0n) is 10.2. The molecule has 0 aliphatic heterocycles. The molecule has 1 N–H and O–H groups in total. The maximum Gasteiger partial charge on any atom is 0.133 e. The summed E-state index contributed by atoms with van der Waals surface area (Å²) in [5, 5.41) is 14.0. The summed E-state index contributed by atoms with van der Waals surface area (Å²) in [5.74, 6) is 0.287. The van der Waals surface area contributed by atoms with Crippen LogP contribution in [-0.4, -0.2) is 16.5 Å². The molecule has 0 unspecified atom stereocenters. The van der Waals surface area contributed by atoms with Crippen molar-refractivity contribution in [2.45, 2.75) is 37.7 Å². The smallest absolute Gasteiger partial charge is 0.133 e. The Morgan fingerprint density at radius 3 is 2.72 bits per heavy atom. The molecule has 3 rings (SSSR count). The van der Waals surface area contributed by atoms with E-state index in [1.165, 1.54) is 15.6 Å². The van der Waals surface area contributed by atoms with Gasteiger partial charge in [0.15, 0.2) is 0 Å². The molecule has 2 nitrogen and oxygen atoms in total. The predicted molar refractivity (Wildman–Crippen MR) is 74.0 cm³/mol. The first-order valence-corrected chi connectivity index (χ1v) is 7.23. The largest absolute Gasteiger partial charge is 0.390 e. The molecule has 94 valence electrons. The highest BCUT2D eigenvalue weighted by Gasteiger charge is 2.33. The van der Waals surface area contributed by atoms with Gasteiger partial charge in [-0.2, -0.15) is 0 Å². The first kappa shape index (κ1) is 11.9. The van der Waals surface area contributed by atoms with Gasteiger partial charge in [-0.15, -0.1) is 11.3 Å². The van der Waals surface area contributed by atoms with Crippen LogP contribution in [0.25, 0.3) is 10.1 Å². The molecule has 2 aromatic rings. The lowest BCUT2D eigenvalue weighted by Crippen LogP contribution is -2.36. The van der Waals surface area contributed by atoms with Gasteiger partial charge >= 0.3 is 0 Å². The van der Waals surface area contributed by atoms with Crippen molar-refractivity contribution in [2.75, 3.05) is 0 Å². The second-order valence-corrected chi connectivity index (χ2v) is 6.11. The van der Waals surface area contributed by atoms with Crippen molar-refractivity contribution in [1.29, 1.82) is 0 Å². The molecule has 0 bridgehead atoms. The van der Waals surface area contributed by atoms with E-state index in [1.54, 1.807) is 11.3 Å². The predicted octanol–water partition coefficient (Wildman–Crippen LogP) is 3.32. The van der Waals surface area contributed by atoms with Gasteiger partial charge in [-0.3, -0.25) is 4.79 Å². The molecule has 0 atom stereocenters. The summed E-state index contributed by atoms with van der Waals surface area (Å²) in [6.07, 6.45) is 2.94. The van der Waals surface area contributed by atoms with E-state index in [0.29, 0.717) is 32.1 Å². The number of Topliss-reactive ketones (excluding diaryl/α,β-unsaturated/α-hetero) is 1. The van der Waals surface area contributed by atoms with E-state index in [9.17, 15) is 9.90 Å². The number of aliphatic hydroxyl groups is 1. The van der Waals surface area contributed by atoms with Gasteiger partial charge in [-0.05, 0) is 35.2 Å². The second kappa shape index (κ2) is 4.48. The summed E-state index contributed by atoms with van der Waals surface area (Å²) in [4.78, 5) is 11.3. The van der Waals surface area contributed by atoms with E-state index in [0.717, 1.165) is 0 Å². The molecule has 0 saturated heterocycles. The fourth-order valence-corrected chi connectivity index (χ4v) is 3.66. The standard InChI is InChI=1S/C15H16O2S/c16-12-5-7-15(17,8-6-12)9-11-10-18-14-4-2-1-3-13(11)14/h1-4,10,17H,5-9H2. The highest BCUT2D eigenvalue weighted by molar-refractivity contribution is 7.17. The van der Waals surface area contributed by atoms with Gasteiger partial charge in [0, 0.05) is 24.0 Å². The fourth-order valence-electron chi connectivity index (χ4n) is 2.70. The second-order valence-electron chi connectivity index (χ2n) is 5.20. The number of hydrogen-bond acceptors (Lipinski definition) is 3. The van der Waals surface area contributed by atoms with Gasteiger partial charge in [0.1, 0.15) is 5.78 Å². The van der Waals surface area contributed by atoms with Crippen LogP contribution in [0.2, 0.25) is 0 Å². The maximum absolute atomic E-state index is 11.3. The van der Waals surface area contributed by atoms with Crippen LogP contribution < -0.4 is 0 Å². The number of thiophene rings is 1. The minimum absolute atomic E-state index is 0.287. The van der Waals surface area contributed by atoms with Crippen LogP contribution >= 0.6 is 11.3 Å². The molecule has 1 heterocycles. The summed E-state index contributed by atoms with van der Waals surface area (Å²) >= 11 is 1.72. The van der Waals surface area contributed by atoms with E-state index >= 15 is 0 Å². The molecule has 3 heteroatoms. The minimum Gasteiger partial charge on any atom is -0.390 e. The molecule has 1 aromatic heterocycles. The molecule has 1 saturated carbocycles. The van der Waals surface area contributed by atoms with E-state index in [2.05, 4.69) is 17.5 Å². The Labute approximate surface area is 110 Å².